The van der Waals surface area contributed by atoms with Gasteiger partial charge in [-0.15, -0.1) is 0 Å². The number of para-hydroxylation sites is 1. The number of rotatable bonds is 3. The van der Waals surface area contributed by atoms with E-state index in [9.17, 15) is 4.79 Å². The molecular formula is C20H24N2O. The number of carbonyl (C=O) groups excluding carboxylic acids is 1. The topological polar surface area (TPSA) is 41.1 Å². The van der Waals surface area contributed by atoms with Crippen molar-refractivity contribution in [3.05, 3.63) is 58.7 Å². The summed E-state index contributed by atoms with van der Waals surface area (Å²) in [5.41, 5.74) is 6.25. The predicted molar refractivity (Wildman–Crippen MR) is 96.5 cm³/mol. The molecule has 0 radical (unpaired) electrons. The van der Waals surface area contributed by atoms with Crippen molar-refractivity contribution < 1.29 is 4.79 Å². The number of anilines is 2. The lowest BCUT2D eigenvalue weighted by Gasteiger charge is -2.22. The number of carbonyl (C=O) groups is 1. The molecule has 1 amide bonds. The fourth-order valence-corrected chi connectivity index (χ4v) is 3.25. The third kappa shape index (κ3) is 3.09. The van der Waals surface area contributed by atoms with E-state index in [0.717, 1.165) is 47.5 Å². The quantitative estimate of drug-likeness (QED) is 0.860. The molecule has 1 aliphatic rings. The Balaban J connectivity index is 1.95. The van der Waals surface area contributed by atoms with Gasteiger partial charge < -0.3 is 10.6 Å². The molecule has 0 fully saturated rings. The summed E-state index contributed by atoms with van der Waals surface area (Å²) < 4.78 is 0. The van der Waals surface area contributed by atoms with Crippen molar-refractivity contribution in [2.45, 2.75) is 39.5 Å². The maximum Gasteiger partial charge on any atom is 0.256 e. The van der Waals surface area contributed by atoms with E-state index in [1.54, 1.807) is 0 Å². The van der Waals surface area contributed by atoms with E-state index >= 15 is 0 Å². The molecule has 0 aliphatic carbocycles. The van der Waals surface area contributed by atoms with Crippen molar-refractivity contribution in [1.29, 1.82) is 0 Å². The Kier molecular flexibility index (Phi) is 4.37. The number of fused-ring (bicyclic) bond motifs is 1. The first-order valence-corrected chi connectivity index (χ1v) is 8.34. The van der Waals surface area contributed by atoms with Gasteiger partial charge in [-0.1, -0.05) is 38.1 Å². The molecule has 3 heteroatoms. The second-order valence-corrected chi connectivity index (χ2v) is 6.51. The van der Waals surface area contributed by atoms with Gasteiger partial charge in [0.05, 0.1) is 0 Å². The third-order valence-corrected chi connectivity index (χ3v) is 4.51. The van der Waals surface area contributed by atoms with Crippen molar-refractivity contribution in [3.63, 3.8) is 0 Å². The van der Waals surface area contributed by atoms with Gasteiger partial charge in [0.15, 0.2) is 0 Å². The fraction of sp³-hybridized carbons (Fsp3) is 0.350. The number of benzene rings is 2. The molecule has 0 unspecified atom stereocenters. The molecule has 120 valence electrons. The molecule has 3 nitrogen and oxygen atoms in total. The van der Waals surface area contributed by atoms with Crippen molar-refractivity contribution in [2.75, 3.05) is 17.2 Å². The molecule has 2 aromatic rings. The SMILES string of the molecule is Cc1cccc(C(C)C)c1NC(=O)c1cccc2c1CCCN2. The first-order valence-electron chi connectivity index (χ1n) is 8.34. The maximum absolute atomic E-state index is 12.9. The minimum Gasteiger partial charge on any atom is -0.385 e. The molecule has 0 atom stereocenters. The van der Waals surface area contributed by atoms with Crippen LogP contribution in [-0.2, 0) is 6.42 Å². The number of amides is 1. The van der Waals surface area contributed by atoms with E-state index in [2.05, 4.69) is 42.7 Å². The zero-order chi connectivity index (χ0) is 16.4. The highest BCUT2D eigenvalue weighted by atomic mass is 16.1. The first-order chi connectivity index (χ1) is 11.1. The summed E-state index contributed by atoms with van der Waals surface area (Å²) in [5.74, 6) is 0.360. The minimum absolute atomic E-state index is 0.0123. The molecule has 0 spiro atoms. The van der Waals surface area contributed by atoms with Crippen LogP contribution in [0.5, 0.6) is 0 Å². The average molecular weight is 308 g/mol. The molecule has 3 rings (SSSR count). The highest BCUT2D eigenvalue weighted by Crippen LogP contribution is 2.30. The molecule has 0 saturated heterocycles. The normalized spacial score (nSPS) is 13.4. The van der Waals surface area contributed by atoms with Gasteiger partial charge in [0.1, 0.15) is 0 Å². The van der Waals surface area contributed by atoms with Crippen molar-refractivity contribution in [3.8, 4) is 0 Å². The molecule has 0 aromatic heterocycles. The van der Waals surface area contributed by atoms with Crippen LogP contribution >= 0.6 is 0 Å². The lowest BCUT2D eigenvalue weighted by molar-refractivity contribution is 0.102. The fourth-order valence-electron chi connectivity index (χ4n) is 3.25. The van der Waals surface area contributed by atoms with Crippen LogP contribution in [0.4, 0.5) is 11.4 Å². The van der Waals surface area contributed by atoms with E-state index in [0.29, 0.717) is 5.92 Å². The van der Waals surface area contributed by atoms with Crippen LogP contribution in [-0.4, -0.2) is 12.5 Å². The van der Waals surface area contributed by atoms with Gasteiger partial charge in [0.25, 0.3) is 5.91 Å². The summed E-state index contributed by atoms with van der Waals surface area (Å²) >= 11 is 0. The summed E-state index contributed by atoms with van der Waals surface area (Å²) in [6.07, 6.45) is 2.02. The van der Waals surface area contributed by atoms with Gasteiger partial charge in [-0.05, 0) is 54.5 Å². The molecule has 2 aromatic carbocycles. The Labute approximate surface area is 138 Å². The van der Waals surface area contributed by atoms with Gasteiger partial charge >= 0.3 is 0 Å². The Bertz CT molecular complexity index is 734. The number of hydrogen-bond acceptors (Lipinski definition) is 2. The van der Waals surface area contributed by atoms with Crippen LogP contribution in [0.3, 0.4) is 0 Å². The van der Waals surface area contributed by atoms with Crippen LogP contribution < -0.4 is 10.6 Å². The summed E-state index contributed by atoms with van der Waals surface area (Å²) in [6.45, 7) is 7.33. The molecule has 2 N–H and O–H groups in total. The summed E-state index contributed by atoms with van der Waals surface area (Å²) in [7, 11) is 0. The van der Waals surface area contributed by atoms with E-state index < -0.39 is 0 Å². The van der Waals surface area contributed by atoms with Crippen LogP contribution in [0.2, 0.25) is 0 Å². The molecule has 1 heterocycles. The van der Waals surface area contributed by atoms with Crippen LogP contribution in [0, 0.1) is 6.92 Å². The monoisotopic (exact) mass is 308 g/mol. The van der Waals surface area contributed by atoms with Gasteiger partial charge in [-0.3, -0.25) is 4.79 Å². The van der Waals surface area contributed by atoms with E-state index in [1.807, 2.05) is 25.1 Å². The second-order valence-electron chi connectivity index (χ2n) is 6.51. The van der Waals surface area contributed by atoms with E-state index in [1.165, 1.54) is 5.56 Å². The number of hydrogen-bond donors (Lipinski definition) is 2. The molecule has 0 saturated carbocycles. The Morgan fingerprint density at radius 3 is 2.74 bits per heavy atom. The van der Waals surface area contributed by atoms with Crippen LogP contribution in [0.25, 0.3) is 0 Å². The largest absolute Gasteiger partial charge is 0.385 e. The zero-order valence-corrected chi connectivity index (χ0v) is 14.1. The van der Waals surface area contributed by atoms with E-state index in [-0.39, 0.29) is 5.91 Å². The summed E-state index contributed by atoms with van der Waals surface area (Å²) in [4.78, 5) is 12.9. The lowest BCUT2D eigenvalue weighted by atomic mass is 9.95. The highest BCUT2D eigenvalue weighted by Gasteiger charge is 2.19. The van der Waals surface area contributed by atoms with Gasteiger partial charge in [0.2, 0.25) is 0 Å². The number of nitrogens with one attached hydrogen (secondary N) is 2. The lowest BCUT2D eigenvalue weighted by Crippen LogP contribution is -2.20. The molecule has 0 bridgehead atoms. The Morgan fingerprint density at radius 2 is 1.96 bits per heavy atom. The number of aryl methyl sites for hydroxylation is 1. The molecular weight excluding hydrogens is 284 g/mol. The minimum atomic E-state index is -0.0123. The standard InChI is InChI=1S/C20H24N2O/c1-13(2)15-8-4-7-14(3)19(15)22-20(23)17-9-5-11-18-16(17)10-6-12-21-18/h4-5,7-9,11,13,21H,6,10,12H2,1-3H3,(H,22,23). The van der Waals surface area contributed by atoms with Gasteiger partial charge in [-0.25, -0.2) is 0 Å². The average Bonchev–Trinajstić information content (AvgIpc) is 2.55. The van der Waals surface area contributed by atoms with Crippen LogP contribution in [0.1, 0.15) is 53.2 Å². The van der Waals surface area contributed by atoms with Crippen LogP contribution in [0.15, 0.2) is 36.4 Å². The predicted octanol–water partition coefficient (Wildman–Crippen LogP) is 4.73. The zero-order valence-electron chi connectivity index (χ0n) is 14.1. The van der Waals surface area contributed by atoms with Gasteiger partial charge in [-0.2, -0.15) is 0 Å². The van der Waals surface area contributed by atoms with Crippen molar-refractivity contribution >= 4 is 17.3 Å². The Hall–Kier alpha value is -2.29. The smallest absolute Gasteiger partial charge is 0.256 e. The van der Waals surface area contributed by atoms with E-state index in [4.69, 9.17) is 0 Å². The Morgan fingerprint density at radius 1 is 1.17 bits per heavy atom. The highest BCUT2D eigenvalue weighted by molar-refractivity contribution is 6.07. The summed E-state index contributed by atoms with van der Waals surface area (Å²) in [6, 6.07) is 12.1. The van der Waals surface area contributed by atoms with Gasteiger partial charge in [0, 0.05) is 23.5 Å². The third-order valence-electron chi connectivity index (χ3n) is 4.51. The van der Waals surface area contributed by atoms with Crippen molar-refractivity contribution in [1.82, 2.24) is 0 Å². The summed E-state index contributed by atoms with van der Waals surface area (Å²) in [5, 5.41) is 6.54. The first kappa shape index (κ1) is 15.6. The molecule has 1 aliphatic heterocycles. The van der Waals surface area contributed by atoms with Crippen molar-refractivity contribution in [2.24, 2.45) is 0 Å². The molecule has 23 heavy (non-hydrogen) atoms. The second kappa shape index (κ2) is 6.45. The maximum atomic E-state index is 12.9.